The van der Waals surface area contributed by atoms with E-state index in [0.29, 0.717) is 6.42 Å². The van der Waals surface area contributed by atoms with Gasteiger partial charge in [0.25, 0.3) is 0 Å². The number of benzene rings is 1. The lowest BCUT2D eigenvalue weighted by atomic mass is 10.1. The first-order valence-corrected chi connectivity index (χ1v) is 6.82. The Morgan fingerprint density at radius 1 is 1.06 bits per heavy atom. The maximum atomic E-state index is 11.7. The first-order chi connectivity index (χ1) is 8.84. The smallest absolute Gasteiger partial charge is 0.195 e. The minimum absolute atomic E-state index is 0.185. The van der Waals surface area contributed by atoms with Crippen molar-refractivity contribution in [2.75, 3.05) is 0 Å². The molecule has 18 heavy (non-hydrogen) atoms. The standard InChI is InChI=1S/C15H15NOS/c17-15(18-14-10-4-5-12-16-14)11-6-9-13-7-2-1-3-8-13/h1-5,7-8,10,12H,6,9,11H2. The number of carbonyl (C=O) groups is 1. The molecule has 0 spiro atoms. The van der Waals surface area contributed by atoms with E-state index in [1.165, 1.54) is 17.3 Å². The molecule has 0 aliphatic rings. The average molecular weight is 257 g/mol. The molecule has 2 rings (SSSR count). The summed E-state index contributed by atoms with van der Waals surface area (Å²) in [7, 11) is 0. The quantitative estimate of drug-likeness (QED) is 0.765. The Labute approximate surface area is 111 Å². The number of nitrogens with zero attached hydrogens (tertiary/aromatic N) is 1. The Morgan fingerprint density at radius 3 is 2.56 bits per heavy atom. The van der Waals surface area contributed by atoms with E-state index >= 15 is 0 Å². The van der Waals surface area contributed by atoms with Gasteiger partial charge in [-0.15, -0.1) is 0 Å². The normalized spacial score (nSPS) is 10.2. The predicted octanol–water partition coefficient (Wildman–Crippen LogP) is 3.72. The molecule has 0 N–H and O–H groups in total. The lowest BCUT2D eigenvalue weighted by Gasteiger charge is -2.01. The van der Waals surface area contributed by atoms with Crippen LogP contribution in [0.5, 0.6) is 0 Å². The van der Waals surface area contributed by atoms with Gasteiger partial charge in [-0.25, -0.2) is 4.98 Å². The summed E-state index contributed by atoms with van der Waals surface area (Å²) in [6.07, 6.45) is 4.15. The van der Waals surface area contributed by atoms with E-state index in [1.807, 2.05) is 36.4 Å². The fraction of sp³-hybridized carbons (Fsp3) is 0.200. The lowest BCUT2D eigenvalue weighted by molar-refractivity contribution is -0.111. The molecular weight excluding hydrogens is 242 g/mol. The molecule has 0 amide bonds. The SMILES string of the molecule is O=C(CCCc1ccccc1)Sc1ccccn1. The zero-order chi connectivity index (χ0) is 12.6. The van der Waals surface area contributed by atoms with Gasteiger partial charge >= 0.3 is 0 Å². The highest BCUT2D eigenvalue weighted by molar-refractivity contribution is 8.13. The summed E-state index contributed by atoms with van der Waals surface area (Å²) in [5.74, 6) is 0. The number of thioether (sulfide) groups is 1. The second-order valence-corrected chi connectivity index (χ2v) is 5.06. The van der Waals surface area contributed by atoms with Crippen molar-refractivity contribution >= 4 is 16.9 Å². The average Bonchev–Trinajstić information content (AvgIpc) is 2.41. The molecule has 0 saturated heterocycles. The van der Waals surface area contributed by atoms with Crippen LogP contribution in [0.2, 0.25) is 0 Å². The second-order valence-electron chi connectivity index (χ2n) is 3.98. The van der Waals surface area contributed by atoms with Crippen LogP contribution in [-0.4, -0.2) is 10.1 Å². The topological polar surface area (TPSA) is 30.0 Å². The van der Waals surface area contributed by atoms with Gasteiger partial charge in [0.2, 0.25) is 0 Å². The summed E-state index contributed by atoms with van der Waals surface area (Å²) in [6.45, 7) is 0. The van der Waals surface area contributed by atoms with Gasteiger partial charge in [0.1, 0.15) is 5.03 Å². The van der Waals surface area contributed by atoms with Crippen LogP contribution in [0.4, 0.5) is 0 Å². The molecule has 0 radical (unpaired) electrons. The third-order valence-electron chi connectivity index (χ3n) is 2.55. The van der Waals surface area contributed by atoms with Crippen LogP contribution < -0.4 is 0 Å². The monoisotopic (exact) mass is 257 g/mol. The van der Waals surface area contributed by atoms with Gasteiger partial charge in [0.05, 0.1) is 0 Å². The van der Waals surface area contributed by atoms with E-state index in [1.54, 1.807) is 6.20 Å². The van der Waals surface area contributed by atoms with Crippen molar-refractivity contribution in [2.45, 2.75) is 24.3 Å². The van der Waals surface area contributed by atoms with E-state index in [-0.39, 0.29) is 5.12 Å². The van der Waals surface area contributed by atoms with Gasteiger partial charge in [0.15, 0.2) is 5.12 Å². The molecule has 2 nitrogen and oxygen atoms in total. The third-order valence-corrected chi connectivity index (χ3v) is 3.43. The molecule has 1 aromatic heterocycles. The van der Waals surface area contributed by atoms with E-state index in [4.69, 9.17) is 0 Å². The Bertz CT molecular complexity index is 484. The van der Waals surface area contributed by atoms with E-state index in [9.17, 15) is 4.79 Å². The highest BCUT2D eigenvalue weighted by atomic mass is 32.2. The van der Waals surface area contributed by atoms with Crippen LogP contribution in [0, 0.1) is 0 Å². The highest BCUT2D eigenvalue weighted by Gasteiger charge is 2.05. The zero-order valence-corrected chi connectivity index (χ0v) is 10.9. The van der Waals surface area contributed by atoms with E-state index < -0.39 is 0 Å². The number of aryl methyl sites for hydroxylation is 1. The van der Waals surface area contributed by atoms with Crippen LogP contribution in [0.1, 0.15) is 18.4 Å². The minimum Gasteiger partial charge on any atom is -0.287 e. The van der Waals surface area contributed by atoms with Crippen molar-refractivity contribution in [3.63, 3.8) is 0 Å². The van der Waals surface area contributed by atoms with Crippen molar-refractivity contribution in [2.24, 2.45) is 0 Å². The van der Waals surface area contributed by atoms with Gasteiger partial charge in [-0.2, -0.15) is 0 Å². The van der Waals surface area contributed by atoms with Crippen LogP contribution >= 0.6 is 11.8 Å². The maximum absolute atomic E-state index is 11.7. The molecule has 92 valence electrons. The van der Waals surface area contributed by atoms with E-state index in [0.717, 1.165) is 17.9 Å². The maximum Gasteiger partial charge on any atom is 0.195 e. The first kappa shape index (κ1) is 12.8. The number of hydrogen-bond donors (Lipinski definition) is 0. The fourth-order valence-electron chi connectivity index (χ4n) is 1.66. The molecule has 0 fully saturated rings. The Hall–Kier alpha value is -1.61. The van der Waals surface area contributed by atoms with Gasteiger partial charge in [0, 0.05) is 12.6 Å². The molecule has 0 bridgehead atoms. The molecule has 0 unspecified atom stereocenters. The van der Waals surface area contributed by atoms with Gasteiger partial charge in [-0.3, -0.25) is 4.79 Å². The molecule has 1 aromatic carbocycles. The Morgan fingerprint density at radius 2 is 1.83 bits per heavy atom. The molecule has 3 heteroatoms. The number of carbonyl (C=O) groups excluding carboxylic acids is 1. The molecule has 0 saturated carbocycles. The van der Waals surface area contributed by atoms with Gasteiger partial charge in [-0.1, -0.05) is 36.4 Å². The summed E-state index contributed by atoms with van der Waals surface area (Å²) in [5.41, 5.74) is 1.29. The predicted molar refractivity (Wildman–Crippen MR) is 74.5 cm³/mol. The van der Waals surface area contributed by atoms with Crippen LogP contribution in [0.15, 0.2) is 59.8 Å². The summed E-state index contributed by atoms with van der Waals surface area (Å²) < 4.78 is 0. The molecule has 2 aromatic rings. The largest absolute Gasteiger partial charge is 0.287 e. The fourth-order valence-corrected chi connectivity index (χ4v) is 2.40. The Kier molecular flexibility index (Phi) is 4.97. The summed E-state index contributed by atoms with van der Waals surface area (Å²) in [4.78, 5) is 15.9. The van der Waals surface area contributed by atoms with Gasteiger partial charge < -0.3 is 0 Å². The molecule has 0 aliphatic carbocycles. The summed E-state index contributed by atoms with van der Waals surface area (Å²) >= 11 is 1.23. The van der Waals surface area contributed by atoms with Crippen LogP contribution in [-0.2, 0) is 11.2 Å². The van der Waals surface area contributed by atoms with Crippen LogP contribution in [0.3, 0.4) is 0 Å². The van der Waals surface area contributed by atoms with Crippen molar-refractivity contribution in [3.8, 4) is 0 Å². The van der Waals surface area contributed by atoms with Gasteiger partial charge in [-0.05, 0) is 42.3 Å². The Balaban J connectivity index is 1.73. The van der Waals surface area contributed by atoms with Crippen molar-refractivity contribution < 1.29 is 4.79 Å². The summed E-state index contributed by atoms with van der Waals surface area (Å²) in [6, 6.07) is 15.9. The number of rotatable bonds is 5. The van der Waals surface area contributed by atoms with Crippen molar-refractivity contribution in [3.05, 3.63) is 60.3 Å². The van der Waals surface area contributed by atoms with E-state index in [2.05, 4.69) is 17.1 Å². The zero-order valence-electron chi connectivity index (χ0n) is 10.1. The third kappa shape index (κ3) is 4.34. The number of hydrogen-bond acceptors (Lipinski definition) is 3. The number of pyridine rings is 1. The number of aromatic nitrogens is 1. The summed E-state index contributed by atoms with van der Waals surface area (Å²) in [5, 5.41) is 0.965. The molecule has 0 atom stereocenters. The van der Waals surface area contributed by atoms with Crippen molar-refractivity contribution in [1.29, 1.82) is 0 Å². The molecule has 0 aliphatic heterocycles. The minimum atomic E-state index is 0.185. The lowest BCUT2D eigenvalue weighted by Crippen LogP contribution is -1.94. The van der Waals surface area contributed by atoms with Crippen LogP contribution in [0.25, 0.3) is 0 Å². The molecule has 1 heterocycles. The molecular formula is C15H15NOS. The highest BCUT2D eigenvalue weighted by Crippen LogP contribution is 2.18. The first-order valence-electron chi connectivity index (χ1n) is 6.00. The van der Waals surface area contributed by atoms with Crippen molar-refractivity contribution in [1.82, 2.24) is 4.98 Å². The second kappa shape index (κ2) is 6.97.